The molecule has 1 aromatic rings. The molecule has 66 valence electrons. The molecule has 4 nitrogen and oxygen atoms in total. The van der Waals surface area contributed by atoms with Crippen LogP contribution in [-0.4, -0.2) is 16.1 Å². The molecule has 2 rings (SSSR count). The van der Waals surface area contributed by atoms with E-state index in [-0.39, 0.29) is 0 Å². The van der Waals surface area contributed by atoms with E-state index in [4.69, 9.17) is 5.73 Å². The number of hydrogen-bond acceptors (Lipinski definition) is 3. The SMILES string of the molecule is CCc1nc2n(c1N)CCCN2. The van der Waals surface area contributed by atoms with Gasteiger partial charge in [-0.1, -0.05) is 6.92 Å². The van der Waals surface area contributed by atoms with Gasteiger partial charge in [-0.15, -0.1) is 0 Å². The van der Waals surface area contributed by atoms with Crippen molar-refractivity contribution in [3.63, 3.8) is 0 Å². The van der Waals surface area contributed by atoms with Crippen molar-refractivity contribution in [2.75, 3.05) is 17.6 Å². The Bertz CT molecular complexity index is 289. The van der Waals surface area contributed by atoms with E-state index in [2.05, 4.69) is 21.8 Å². The Kier molecular flexibility index (Phi) is 1.67. The van der Waals surface area contributed by atoms with Crippen LogP contribution >= 0.6 is 0 Å². The number of nitrogens with one attached hydrogen (secondary N) is 1. The van der Waals surface area contributed by atoms with Crippen molar-refractivity contribution in [3.8, 4) is 0 Å². The zero-order valence-electron chi connectivity index (χ0n) is 7.30. The third-order valence-electron chi connectivity index (χ3n) is 2.26. The van der Waals surface area contributed by atoms with Gasteiger partial charge in [0.2, 0.25) is 5.95 Å². The standard InChI is InChI=1S/C8H14N4/c1-2-6-7(9)12-5-3-4-10-8(12)11-6/h2-5,9H2,1H3,(H,10,11). The predicted molar refractivity (Wildman–Crippen MR) is 49.1 cm³/mol. The molecule has 3 N–H and O–H groups in total. The van der Waals surface area contributed by atoms with Gasteiger partial charge < -0.3 is 11.1 Å². The summed E-state index contributed by atoms with van der Waals surface area (Å²) in [5.74, 6) is 1.77. The lowest BCUT2D eigenvalue weighted by atomic mass is 10.3. The van der Waals surface area contributed by atoms with Crippen LogP contribution in [0.4, 0.5) is 11.8 Å². The fraction of sp³-hybridized carbons (Fsp3) is 0.625. The fourth-order valence-electron chi connectivity index (χ4n) is 1.57. The van der Waals surface area contributed by atoms with E-state index in [9.17, 15) is 0 Å². The van der Waals surface area contributed by atoms with E-state index in [1.165, 1.54) is 0 Å². The second-order valence-corrected chi connectivity index (χ2v) is 3.05. The van der Waals surface area contributed by atoms with Crippen LogP contribution in [0.15, 0.2) is 0 Å². The van der Waals surface area contributed by atoms with Crippen molar-refractivity contribution < 1.29 is 0 Å². The minimum Gasteiger partial charge on any atom is -0.383 e. The summed E-state index contributed by atoms with van der Waals surface area (Å²) in [5.41, 5.74) is 6.91. The molecule has 1 aliphatic heterocycles. The first-order chi connectivity index (χ1) is 5.83. The van der Waals surface area contributed by atoms with Crippen LogP contribution in [0.25, 0.3) is 0 Å². The highest BCUT2D eigenvalue weighted by atomic mass is 15.3. The molecule has 1 aliphatic rings. The second-order valence-electron chi connectivity index (χ2n) is 3.05. The number of anilines is 2. The van der Waals surface area contributed by atoms with Crippen LogP contribution in [0.3, 0.4) is 0 Å². The molecular formula is C8H14N4. The highest BCUT2D eigenvalue weighted by Gasteiger charge is 2.15. The first-order valence-corrected chi connectivity index (χ1v) is 4.41. The van der Waals surface area contributed by atoms with Crippen molar-refractivity contribution in [3.05, 3.63) is 5.69 Å². The molecule has 0 aliphatic carbocycles. The third-order valence-corrected chi connectivity index (χ3v) is 2.26. The van der Waals surface area contributed by atoms with Crippen molar-refractivity contribution in [2.24, 2.45) is 0 Å². The lowest BCUT2D eigenvalue weighted by molar-refractivity contribution is 0.633. The first kappa shape index (κ1) is 7.46. The molecule has 0 atom stereocenters. The number of hydrogen-bond donors (Lipinski definition) is 2. The third kappa shape index (κ3) is 0.948. The zero-order chi connectivity index (χ0) is 8.55. The molecule has 4 heteroatoms. The van der Waals surface area contributed by atoms with Gasteiger partial charge >= 0.3 is 0 Å². The van der Waals surface area contributed by atoms with E-state index in [0.29, 0.717) is 0 Å². The lowest BCUT2D eigenvalue weighted by Crippen LogP contribution is -2.18. The molecule has 0 aromatic carbocycles. The van der Waals surface area contributed by atoms with Gasteiger partial charge in [0.1, 0.15) is 5.82 Å². The summed E-state index contributed by atoms with van der Waals surface area (Å²) in [4.78, 5) is 4.40. The quantitative estimate of drug-likeness (QED) is 0.650. The van der Waals surface area contributed by atoms with Crippen LogP contribution in [0.2, 0.25) is 0 Å². The molecule has 0 fully saturated rings. The molecule has 0 amide bonds. The Hall–Kier alpha value is -1.19. The van der Waals surface area contributed by atoms with E-state index < -0.39 is 0 Å². The van der Waals surface area contributed by atoms with Crippen molar-refractivity contribution in [1.29, 1.82) is 0 Å². The Morgan fingerprint density at radius 1 is 1.67 bits per heavy atom. The van der Waals surface area contributed by atoms with Crippen LogP contribution in [0, 0.1) is 0 Å². The number of aromatic nitrogens is 2. The first-order valence-electron chi connectivity index (χ1n) is 4.41. The summed E-state index contributed by atoms with van der Waals surface area (Å²) in [5, 5.41) is 3.23. The average molecular weight is 166 g/mol. The van der Waals surface area contributed by atoms with Gasteiger partial charge in [0.05, 0.1) is 5.69 Å². The van der Waals surface area contributed by atoms with Gasteiger partial charge in [-0.2, -0.15) is 0 Å². The average Bonchev–Trinajstić information content (AvgIpc) is 2.44. The summed E-state index contributed by atoms with van der Waals surface area (Å²) >= 11 is 0. The molecule has 0 bridgehead atoms. The summed E-state index contributed by atoms with van der Waals surface area (Å²) in [6, 6.07) is 0. The Balaban J connectivity index is 2.44. The van der Waals surface area contributed by atoms with Gasteiger partial charge in [0.25, 0.3) is 0 Å². The molecule has 0 saturated heterocycles. The summed E-state index contributed by atoms with van der Waals surface area (Å²) in [7, 11) is 0. The number of rotatable bonds is 1. The maximum atomic E-state index is 5.90. The topological polar surface area (TPSA) is 55.9 Å². The summed E-state index contributed by atoms with van der Waals surface area (Å²) in [6.45, 7) is 4.09. The molecule has 0 saturated carbocycles. The fourth-order valence-corrected chi connectivity index (χ4v) is 1.57. The van der Waals surface area contributed by atoms with Gasteiger partial charge in [0.15, 0.2) is 0 Å². The molecular weight excluding hydrogens is 152 g/mol. The Morgan fingerprint density at radius 3 is 3.17 bits per heavy atom. The monoisotopic (exact) mass is 166 g/mol. The van der Waals surface area contributed by atoms with Crippen molar-refractivity contribution in [1.82, 2.24) is 9.55 Å². The van der Waals surface area contributed by atoms with Crippen LogP contribution in [-0.2, 0) is 13.0 Å². The van der Waals surface area contributed by atoms with Crippen molar-refractivity contribution >= 4 is 11.8 Å². The number of imidazole rings is 1. The summed E-state index contributed by atoms with van der Waals surface area (Å²) in [6.07, 6.45) is 2.05. The maximum absolute atomic E-state index is 5.90. The van der Waals surface area contributed by atoms with Crippen LogP contribution in [0.5, 0.6) is 0 Å². The van der Waals surface area contributed by atoms with Gasteiger partial charge in [-0.05, 0) is 12.8 Å². The normalized spacial score (nSPS) is 15.4. The van der Waals surface area contributed by atoms with Gasteiger partial charge in [-0.3, -0.25) is 4.57 Å². The highest BCUT2D eigenvalue weighted by Crippen LogP contribution is 2.21. The molecule has 1 aromatic heterocycles. The van der Waals surface area contributed by atoms with Gasteiger partial charge in [0, 0.05) is 13.1 Å². The molecule has 2 heterocycles. The van der Waals surface area contributed by atoms with Gasteiger partial charge in [-0.25, -0.2) is 4.98 Å². The Morgan fingerprint density at radius 2 is 2.50 bits per heavy atom. The minimum atomic E-state index is 0.833. The molecule has 12 heavy (non-hydrogen) atoms. The number of nitrogens with zero attached hydrogens (tertiary/aromatic N) is 2. The molecule has 0 spiro atoms. The van der Waals surface area contributed by atoms with Crippen LogP contribution < -0.4 is 11.1 Å². The number of nitrogen functional groups attached to an aromatic ring is 1. The largest absolute Gasteiger partial charge is 0.383 e. The minimum absolute atomic E-state index is 0.833. The van der Waals surface area contributed by atoms with E-state index >= 15 is 0 Å². The van der Waals surface area contributed by atoms with E-state index in [1.54, 1.807) is 0 Å². The van der Waals surface area contributed by atoms with E-state index in [0.717, 1.165) is 43.4 Å². The molecule has 0 unspecified atom stereocenters. The van der Waals surface area contributed by atoms with Crippen LogP contribution in [0.1, 0.15) is 19.0 Å². The smallest absolute Gasteiger partial charge is 0.204 e. The maximum Gasteiger partial charge on any atom is 0.204 e. The molecule has 0 radical (unpaired) electrons. The second kappa shape index (κ2) is 2.69. The number of aryl methyl sites for hydroxylation is 1. The zero-order valence-corrected chi connectivity index (χ0v) is 7.30. The number of nitrogens with two attached hydrogens (primary N) is 1. The highest BCUT2D eigenvalue weighted by molar-refractivity contribution is 5.47. The predicted octanol–water partition coefficient (Wildman–Crippen LogP) is 0.843. The Labute approximate surface area is 71.8 Å². The van der Waals surface area contributed by atoms with Crippen molar-refractivity contribution in [2.45, 2.75) is 26.3 Å². The lowest BCUT2D eigenvalue weighted by Gasteiger charge is -2.15. The number of fused-ring (bicyclic) bond motifs is 1. The van der Waals surface area contributed by atoms with E-state index in [1.807, 2.05) is 0 Å². The summed E-state index contributed by atoms with van der Waals surface area (Å²) < 4.78 is 2.06.